The minimum absolute atomic E-state index is 0.101. The average molecular weight is 355 g/mol. The number of aromatic nitrogens is 1. The van der Waals surface area contributed by atoms with Gasteiger partial charge in [-0.05, 0) is 30.7 Å². The second kappa shape index (κ2) is 7.50. The van der Waals surface area contributed by atoms with Crippen molar-refractivity contribution in [2.45, 2.75) is 19.6 Å². The summed E-state index contributed by atoms with van der Waals surface area (Å²) in [5.74, 6) is 0.929. The predicted octanol–water partition coefficient (Wildman–Crippen LogP) is 5.66. The molecular formula is C24H21NO2. The van der Waals surface area contributed by atoms with Gasteiger partial charge < -0.3 is 9.30 Å². The SMILES string of the molecule is CC(C(=O)c1ccccc1)n1ccc2c(OCc3ccccc3)cccc21. The van der Waals surface area contributed by atoms with Gasteiger partial charge >= 0.3 is 0 Å². The molecule has 134 valence electrons. The molecule has 0 spiro atoms. The van der Waals surface area contributed by atoms with E-state index < -0.39 is 0 Å². The van der Waals surface area contributed by atoms with Crippen LogP contribution in [0.1, 0.15) is 28.9 Å². The lowest BCUT2D eigenvalue weighted by atomic mass is 10.1. The lowest BCUT2D eigenvalue weighted by Crippen LogP contribution is -2.15. The Morgan fingerprint density at radius 3 is 2.33 bits per heavy atom. The summed E-state index contributed by atoms with van der Waals surface area (Å²) in [5, 5.41) is 1.01. The molecule has 3 aromatic carbocycles. The highest BCUT2D eigenvalue weighted by molar-refractivity contribution is 6.00. The highest BCUT2D eigenvalue weighted by atomic mass is 16.5. The van der Waals surface area contributed by atoms with Crippen molar-refractivity contribution in [1.29, 1.82) is 0 Å². The number of Topliss-reactive ketones (excluding diaryl/α,β-unsaturated/α-hetero) is 1. The Morgan fingerprint density at radius 1 is 0.889 bits per heavy atom. The smallest absolute Gasteiger partial charge is 0.185 e. The molecular weight excluding hydrogens is 334 g/mol. The molecule has 3 heteroatoms. The molecule has 1 unspecified atom stereocenters. The third kappa shape index (κ3) is 3.49. The van der Waals surface area contributed by atoms with Crippen LogP contribution in [-0.2, 0) is 6.61 Å². The Bertz CT molecular complexity index is 1050. The van der Waals surface area contributed by atoms with Crippen LogP contribution in [0.15, 0.2) is 91.1 Å². The van der Waals surface area contributed by atoms with E-state index in [1.807, 2.05) is 103 Å². The fourth-order valence-electron chi connectivity index (χ4n) is 3.33. The Balaban J connectivity index is 1.61. The van der Waals surface area contributed by atoms with Gasteiger partial charge in [-0.25, -0.2) is 0 Å². The van der Waals surface area contributed by atoms with E-state index in [9.17, 15) is 4.79 Å². The summed E-state index contributed by atoms with van der Waals surface area (Å²) in [6.07, 6.45) is 1.96. The highest BCUT2D eigenvalue weighted by Gasteiger charge is 2.19. The number of benzene rings is 3. The molecule has 0 amide bonds. The van der Waals surface area contributed by atoms with Crippen LogP contribution in [0.3, 0.4) is 0 Å². The minimum Gasteiger partial charge on any atom is -0.488 e. The molecule has 3 nitrogen and oxygen atoms in total. The predicted molar refractivity (Wildman–Crippen MR) is 108 cm³/mol. The van der Waals surface area contributed by atoms with Crippen LogP contribution in [0, 0.1) is 0 Å². The Hall–Kier alpha value is -3.33. The van der Waals surface area contributed by atoms with Crippen molar-refractivity contribution in [1.82, 2.24) is 4.57 Å². The van der Waals surface area contributed by atoms with Crippen LogP contribution in [-0.4, -0.2) is 10.4 Å². The molecule has 0 fully saturated rings. The molecule has 27 heavy (non-hydrogen) atoms. The van der Waals surface area contributed by atoms with E-state index in [0.29, 0.717) is 6.61 Å². The van der Waals surface area contributed by atoms with Crippen molar-refractivity contribution >= 4 is 16.7 Å². The summed E-state index contributed by atoms with van der Waals surface area (Å²) < 4.78 is 8.06. The van der Waals surface area contributed by atoms with Gasteiger partial charge in [0.15, 0.2) is 5.78 Å². The van der Waals surface area contributed by atoms with Crippen LogP contribution in [0.4, 0.5) is 0 Å². The van der Waals surface area contributed by atoms with E-state index >= 15 is 0 Å². The molecule has 0 radical (unpaired) electrons. The molecule has 4 rings (SSSR count). The summed E-state index contributed by atoms with van der Waals surface area (Å²) >= 11 is 0. The molecule has 1 atom stereocenters. The van der Waals surface area contributed by atoms with Crippen LogP contribution in [0.2, 0.25) is 0 Å². The topological polar surface area (TPSA) is 31.2 Å². The Kier molecular flexibility index (Phi) is 4.75. The second-order valence-corrected chi connectivity index (χ2v) is 6.59. The van der Waals surface area contributed by atoms with E-state index in [1.165, 1.54) is 0 Å². The molecule has 0 aliphatic heterocycles. The molecule has 0 saturated carbocycles. The van der Waals surface area contributed by atoms with Gasteiger partial charge in [0.2, 0.25) is 0 Å². The van der Waals surface area contributed by atoms with Gasteiger partial charge in [-0.15, -0.1) is 0 Å². The van der Waals surface area contributed by atoms with Gasteiger partial charge in [0.25, 0.3) is 0 Å². The van der Waals surface area contributed by atoms with Crippen molar-refractivity contribution in [3.63, 3.8) is 0 Å². The maximum Gasteiger partial charge on any atom is 0.185 e. The van der Waals surface area contributed by atoms with Crippen molar-refractivity contribution in [2.24, 2.45) is 0 Å². The molecule has 0 aliphatic carbocycles. The fourth-order valence-corrected chi connectivity index (χ4v) is 3.33. The number of ether oxygens (including phenoxy) is 1. The number of hydrogen-bond acceptors (Lipinski definition) is 2. The normalized spacial score (nSPS) is 12.0. The number of rotatable bonds is 6. The zero-order valence-electron chi connectivity index (χ0n) is 15.2. The van der Waals surface area contributed by atoms with Crippen molar-refractivity contribution in [2.75, 3.05) is 0 Å². The molecule has 0 saturated heterocycles. The van der Waals surface area contributed by atoms with Crippen LogP contribution < -0.4 is 4.74 Å². The van der Waals surface area contributed by atoms with Gasteiger partial charge in [-0.1, -0.05) is 66.7 Å². The van der Waals surface area contributed by atoms with E-state index in [4.69, 9.17) is 4.74 Å². The standard InChI is InChI=1S/C24H21NO2/c1-18(24(26)20-11-6-3-7-12-20)25-16-15-21-22(25)13-8-14-23(21)27-17-19-9-4-2-5-10-19/h2-16,18H,17H2,1H3. The van der Waals surface area contributed by atoms with Gasteiger partial charge in [-0.2, -0.15) is 0 Å². The molecule has 1 heterocycles. The van der Waals surface area contributed by atoms with E-state index in [1.54, 1.807) is 0 Å². The zero-order valence-corrected chi connectivity index (χ0v) is 15.2. The van der Waals surface area contributed by atoms with E-state index in [-0.39, 0.29) is 11.8 Å². The van der Waals surface area contributed by atoms with Gasteiger partial charge in [-0.3, -0.25) is 4.79 Å². The molecule has 4 aromatic rings. The van der Waals surface area contributed by atoms with Gasteiger partial charge in [0.1, 0.15) is 12.4 Å². The van der Waals surface area contributed by atoms with Crippen molar-refractivity contribution in [3.8, 4) is 5.75 Å². The lowest BCUT2D eigenvalue weighted by Gasteiger charge is -2.15. The van der Waals surface area contributed by atoms with Gasteiger partial charge in [0, 0.05) is 17.1 Å². The quantitative estimate of drug-likeness (QED) is 0.418. The second-order valence-electron chi connectivity index (χ2n) is 6.59. The maximum atomic E-state index is 12.8. The first-order valence-electron chi connectivity index (χ1n) is 9.09. The fraction of sp³-hybridized carbons (Fsp3) is 0.125. The van der Waals surface area contributed by atoms with E-state index in [0.717, 1.165) is 27.8 Å². The number of hydrogen-bond donors (Lipinski definition) is 0. The minimum atomic E-state index is -0.283. The highest BCUT2D eigenvalue weighted by Crippen LogP contribution is 2.30. The average Bonchev–Trinajstić information content (AvgIpc) is 3.17. The number of carbonyl (C=O) groups excluding carboxylic acids is 1. The monoisotopic (exact) mass is 355 g/mol. The van der Waals surface area contributed by atoms with Crippen LogP contribution in [0.5, 0.6) is 5.75 Å². The van der Waals surface area contributed by atoms with Crippen LogP contribution in [0.25, 0.3) is 10.9 Å². The summed E-state index contributed by atoms with van der Waals surface area (Å²) in [4.78, 5) is 12.8. The third-order valence-electron chi connectivity index (χ3n) is 4.82. The zero-order chi connectivity index (χ0) is 18.6. The number of carbonyl (C=O) groups is 1. The first-order valence-corrected chi connectivity index (χ1v) is 9.09. The Labute approximate surface area is 158 Å². The Morgan fingerprint density at radius 2 is 1.59 bits per heavy atom. The first-order chi connectivity index (χ1) is 13.2. The molecule has 0 bridgehead atoms. The summed E-state index contributed by atoms with van der Waals surface area (Å²) in [6, 6.07) is 27.2. The largest absolute Gasteiger partial charge is 0.488 e. The van der Waals surface area contributed by atoms with Crippen LogP contribution >= 0.6 is 0 Å². The number of nitrogens with zero attached hydrogens (tertiary/aromatic N) is 1. The summed E-state index contributed by atoms with van der Waals surface area (Å²) in [7, 11) is 0. The lowest BCUT2D eigenvalue weighted by molar-refractivity contribution is 0.0937. The molecule has 0 N–H and O–H groups in total. The summed E-state index contributed by atoms with van der Waals surface area (Å²) in [6.45, 7) is 2.45. The summed E-state index contributed by atoms with van der Waals surface area (Å²) in [5.41, 5.74) is 2.85. The van der Waals surface area contributed by atoms with Crippen molar-refractivity contribution < 1.29 is 9.53 Å². The number of ketones is 1. The third-order valence-corrected chi connectivity index (χ3v) is 4.82. The molecule has 1 aromatic heterocycles. The van der Waals surface area contributed by atoms with E-state index in [2.05, 4.69) is 0 Å². The maximum absolute atomic E-state index is 12.8. The number of fused-ring (bicyclic) bond motifs is 1. The van der Waals surface area contributed by atoms with Gasteiger partial charge in [0.05, 0.1) is 11.6 Å². The first kappa shape index (κ1) is 17.1. The van der Waals surface area contributed by atoms with Crippen molar-refractivity contribution in [3.05, 3.63) is 102 Å². The molecule has 0 aliphatic rings.